The van der Waals surface area contributed by atoms with E-state index in [2.05, 4.69) is 15.2 Å². The molecule has 0 aliphatic heterocycles. The Balaban J connectivity index is 1.95. The summed E-state index contributed by atoms with van der Waals surface area (Å²) in [5.74, 6) is 0.409. The largest absolute Gasteiger partial charge is 0.481 e. The van der Waals surface area contributed by atoms with Crippen molar-refractivity contribution in [3.63, 3.8) is 0 Å². The van der Waals surface area contributed by atoms with Crippen LogP contribution in [0.1, 0.15) is 6.42 Å². The van der Waals surface area contributed by atoms with Crippen LogP contribution in [0.2, 0.25) is 0 Å². The third-order valence-corrected chi connectivity index (χ3v) is 3.49. The Morgan fingerprint density at radius 2 is 2.50 bits per heavy atom. The van der Waals surface area contributed by atoms with E-state index in [4.69, 9.17) is 5.11 Å². The van der Waals surface area contributed by atoms with Gasteiger partial charge in [-0.25, -0.2) is 4.98 Å². The lowest BCUT2D eigenvalue weighted by Crippen LogP contribution is -1.95. The number of nitrogens with one attached hydrogen (secondary N) is 1. The van der Waals surface area contributed by atoms with Crippen molar-refractivity contribution in [1.82, 2.24) is 15.2 Å². The maximum Gasteiger partial charge on any atom is 0.304 e. The smallest absolute Gasteiger partial charge is 0.304 e. The molecule has 2 rings (SSSR count). The van der Waals surface area contributed by atoms with Crippen molar-refractivity contribution in [1.29, 1.82) is 0 Å². The Morgan fingerprint density at radius 1 is 1.62 bits per heavy atom. The number of rotatable bonds is 5. The van der Waals surface area contributed by atoms with E-state index < -0.39 is 5.97 Å². The fourth-order valence-electron chi connectivity index (χ4n) is 1.06. The van der Waals surface area contributed by atoms with Gasteiger partial charge in [-0.3, -0.25) is 9.89 Å². The molecule has 7 heteroatoms. The molecule has 5 nitrogen and oxygen atoms in total. The first-order chi connectivity index (χ1) is 7.75. The van der Waals surface area contributed by atoms with Crippen LogP contribution >= 0.6 is 23.1 Å². The predicted octanol–water partition coefficient (Wildman–Crippen LogP) is 2.10. The first kappa shape index (κ1) is 11.2. The number of aliphatic carboxylic acids is 1. The summed E-state index contributed by atoms with van der Waals surface area (Å²) >= 11 is 2.92. The molecule has 0 bridgehead atoms. The number of thioether (sulfide) groups is 1. The molecule has 0 unspecified atom stereocenters. The molecule has 0 saturated heterocycles. The molecule has 0 atom stereocenters. The summed E-state index contributed by atoms with van der Waals surface area (Å²) in [6, 6.07) is 3.90. The molecule has 2 heterocycles. The summed E-state index contributed by atoms with van der Waals surface area (Å²) in [7, 11) is 0. The Morgan fingerprint density at radius 3 is 3.19 bits per heavy atom. The van der Waals surface area contributed by atoms with Gasteiger partial charge in [0.15, 0.2) is 5.82 Å². The second-order valence-electron chi connectivity index (χ2n) is 2.94. The van der Waals surface area contributed by atoms with E-state index in [0.29, 0.717) is 10.9 Å². The minimum Gasteiger partial charge on any atom is -0.481 e. The summed E-state index contributed by atoms with van der Waals surface area (Å²) in [5.41, 5.74) is 0. The van der Waals surface area contributed by atoms with Crippen molar-refractivity contribution < 1.29 is 9.90 Å². The van der Waals surface area contributed by atoms with Gasteiger partial charge in [0, 0.05) is 5.75 Å². The predicted molar refractivity (Wildman–Crippen MR) is 62.7 cm³/mol. The van der Waals surface area contributed by atoms with Crippen molar-refractivity contribution in [2.24, 2.45) is 0 Å². The maximum absolute atomic E-state index is 10.3. The number of carbonyl (C=O) groups is 1. The summed E-state index contributed by atoms with van der Waals surface area (Å²) in [6.07, 6.45) is 0.119. The maximum atomic E-state index is 10.3. The third kappa shape index (κ3) is 2.83. The average Bonchev–Trinajstić information content (AvgIpc) is 2.85. The van der Waals surface area contributed by atoms with E-state index in [1.165, 1.54) is 11.8 Å². The lowest BCUT2D eigenvalue weighted by Gasteiger charge is -1.91. The van der Waals surface area contributed by atoms with Gasteiger partial charge in [-0.1, -0.05) is 17.8 Å². The highest BCUT2D eigenvalue weighted by Crippen LogP contribution is 2.23. The Kier molecular flexibility index (Phi) is 3.58. The van der Waals surface area contributed by atoms with Gasteiger partial charge < -0.3 is 5.11 Å². The molecule has 2 aromatic rings. The minimum absolute atomic E-state index is 0.119. The van der Waals surface area contributed by atoms with E-state index >= 15 is 0 Å². The lowest BCUT2D eigenvalue weighted by molar-refractivity contribution is -0.136. The molecule has 0 fully saturated rings. The third-order valence-electron chi connectivity index (χ3n) is 1.77. The molecule has 2 aromatic heterocycles. The number of aromatic nitrogens is 3. The zero-order chi connectivity index (χ0) is 11.4. The molecular formula is C9H9N3O2S2. The average molecular weight is 255 g/mol. The number of hydrogen-bond acceptors (Lipinski definition) is 5. The SMILES string of the molecule is O=C(O)CCSc1n[nH]c(-c2cccs2)n1. The highest BCUT2D eigenvalue weighted by Gasteiger charge is 2.07. The van der Waals surface area contributed by atoms with Crippen molar-refractivity contribution >= 4 is 29.1 Å². The van der Waals surface area contributed by atoms with Crippen molar-refractivity contribution in [2.75, 3.05) is 5.75 Å². The molecule has 0 aliphatic carbocycles. The molecule has 0 radical (unpaired) electrons. The zero-order valence-corrected chi connectivity index (χ0v) is 9.85. The van der Waals surface area contributed by atoms with Crippen LogP contribution in [0.4, 0.5) is 0 Å². The van der Waals surface area contributed by atoms with Gasteiger partial charge in [-0.05, 0) is 11.4 Å². The Labute approximate surface area is 99.9 Å². The fraction of sp³-hybridized carbons (Fsp3) is 0.222. The molecule has 16 heavy (non-hydrogen) atoms. The van der Waals surface area contributed by atoms with Gasteiger partial charge in [0.2, 0.25) is 5.16 Å². The second kappa shape index (κ2) is 5.13. The highest BCUT2D eigenvalue weighted by atomic mass is 32.2. The molecule has 0 spiro atoms. The van der Waals surface area contributed by atoms with E-state index in [1.807, 2.05) is 17.5 Å². The number of thiophene rings is 1. The van der Waals surface area contributed by atoms with Crippen molar-refractivity contribution in [3.8, 4) is 10.7 Å². The molecule has 0 amide bonds. The summed E-state index contributed by atoms with van der Waals surface area (Å²) in [6.45, 7) is 0. The zero-order valence-electron chi connectivity index (χ0n) is 8.21. The van der Waals surface area contributed by atoms with Crippen molar-refractivity contribution in [2.45, 2.75) is 11.6 Å². The number of carboxylic acid groups (broad SMARTS) is 1. The van der Waals surface area contributed by atoms with Gasteiger partial charge in [0.25, 0.3) is 0 Å². The van der Waals surface area contributed by atoms with Crippen LogP contribution in [0.25, 0.3) is 10.7 Å². The topological polar surface area (TPSA) is 78.9 Å². The standard InChI is InChI=1S/C9H9N3O2S2/c13-7(14)3-5-16-9-10-8(11-12-9)6-2-1-4-15-6/h1-2,4H,3,5H2,(H,13,14)(H,10,11,12). The quantitative estimate of drug-likeness (QED) is 0.800. The fourth-order valence-corrected chi connectivity index (χ4v) is 2.45. The summed E-state index contributed by atoms with van der Waals surface area (Å²) in [5, 5.41) is 17.9. The summed E-state index contributed by atoms with van der Waals surface area (Å²) in [4.78, 5) is 15.6. The van der Waals surface area contributed by atoms with E-state index in [0.717, 1.165) is 10.7 Å². The molecule has 2 N–H and O–H groups in total. The molecule has 0 aliphatic rings. The minimum atomic E-state index is -0.804. The van der Waals surface area contributed by atoms with Gasteiger partial charge >= 0.3 is 5.97 Å². The number of nitrogens with zero attached hydrogens (tertiary/aromatic N) is 2. The molecular weight excluding hydrogens is 246 g/mol. The van der Waals surface area contributed by atoms with Gasteiger partial charge in [-0.2, -0.15) is 0 Å². The van der Waals surface area contributed by atoms with E-state index in [-0.39, 0.29) is 6.42 Å². The highest BCUT2D eigenvalue weighted by molar-refractivity contribution is 7.99. The lowest BCUT2D eigenvalue weighted by atomic mass is 10.4. The second-order valence-corrected chi connectivity index (χ2v) is 4.95. The molecule has 0 saturated carbocycles. The van der Waals surface area contributed by atoms with Crippen LogP contribution in [0.3, 0.4) is 0 Å². The van der Waals surface area contributed by atoms with Crippen LogP contribution in [0, 0.1) is 0 Å². The Bertz CT molecular complexity index is 467. The van der Waals surface area contributed by atoms with Crippen LogP contribution in [0.5, 0.6) is 0 Å². The summed E-state index contributed by atoms with van der Waals surface area (Å²) < 4.78 is 0. The first-order valence-corrected chi connectivity index (χ1v) is 6.43. The normalized spacial score (nSPS) is 10.5. The van der Waals surface area contributed by atoms with Crippen LogP contribution in [-0.2, 0) is 4.79 Å². The van der Waals surface area contributed by atoms with Gasteiger partial charge in [0.1, 0.15) is 0 Å². The molecule has 0 aromatic carbocycles. The van der Waals surface area contributed by atoms with Crippen LogP contribution < -0.4 is 0 Å². The number of hydrogen-bond donors (Lipinski definition) is 2. The monoisotopic (exact) mass is 255 g/mol. The number of H-pyrrole nitrogens is 1. The van der Waals surface area contributed by atoms with Gasteiger partial charge in [-0.15, -0.1) is 16.4 Å². The number of aromatic amines is 1. The molecule has 84 valence electrons. The van der Waals surface area contributed by atoms with Crippen molar-refractivity contribution in [3.05, 3.63) is 17.5 Å². The van der Waals surface area contributed by atoms with Crippen LogP contribution in [-0.4, -0.2) is 32.0 Å². The van der Waals surface area contributed by atoms with E-state index in [1.54, 1.807) is 11.3 Å². The number of carboxylic acids is 1. The van der Waals surface area contributed by atoms with Gasteiger partial charge in [0.05, 0.1) is 11.3 Å². The first-order valence-electron chi connectivity index (χ1n) is 4.56. The van der Waals surface area contributed by atoms with E-state index in [9.17, 15) is 4.79 Å². The van der Waals surface area contributed by atoms with Crippen LogP contribution in [0.15, 0.2) is 22.7 Å². The Hall–Kier alpha value is -1.34.